The van der Waals surface area contributed by atoms with Crippen molar-refractivity contribution in [3.63, 3.8) is 0 Å². The molecule has 7 nitrogen and oxygen atoms in total. The number of esters is 1. The fourth-order valence-corrected chi connectivity index (χ4v) is 1.54. The molecule has 0 saturated carbocycles. The zero-order valence-corrected chi connectivity index (χ0v) is 11.0. The van der Waals surface area contributed by atoms with E-state index in [4.69, 9.17) is 10.5 Å². The molecule has 7 heteroatoms. The van der Waals surface area contributed by atoms with Gasteiger partial charge in [-0.1, -0.05) is 0 Å². The van der Waals surface area contributed by atoms with E-state index in [0.717, 1.165) is 5.82 Å². The van der Waals surface area contributed by atoms with Gasteiger partial charge in [-0.15, -0.1) is 10.2 Å². The third-order valence-electron chi connectivity index (χ3n) is 2.84. The highest BCUT2D eigenvalue weighted by Crippen LogP contribution is 2.12. The van der Waals surface area contributed by atoms with E-state index in [1.54, 1.807) is 17.6 Å². The summed E-state index contributed by atoms with van der Waals surface area (Å²) in [5, 5.41) is 7.80. The van der Waals surface area contributed by atoms with Crippen molar-refractivity contribution >= 4 is 11.7 Å². The first-order valence-corrected chi connectivity index (χ1v) is 5.73. The van der Waals surface area contributed by atoms with E-state index >= 15 is 0 Å². The summed E-state index contributed by atoms with van der Waals surface area (Å²) < 4.78 is 6.95. The van der Waals surface area contributed by atoms with Crippen LogP contribution in [0.3, 0.4) is 0 Å². The number of carbonyl (C=O) groups is 1. The summed E-state index contributed by atoms with van der Waals surface area (Å²) >= 11 is 0. The summed E-state index contributed by atoms with van der Waals surface area (Å²) in [6, 6.07) is 1.55. The fourth-order valence-electron chi connectivity index (χ4n) is 1.54. The number of nitrogens with zero attached hydrogens (tertiary/aromatic N) is 4. The molecule has 0 spiro atoms. The summed E-state index contributed by atoms with van der Waals surface area (Å²) in [7, 11) is 1.81. The second-order valence-electron chi connectivity index (χ2n) is 4.20. The fraction of sp³-hybridized carbons (Fsp3) is 0.333. The van der Waals surface area contributed by atoms with Gasteiger partial charge in [0.1, 0.15) is 5.82 Å². The average molecular weight is 261 g/mol. The molecule has 2 N–H and O–H groups in total. The number of anilines is 1. The average Bonchev–Trinajstić information content (AvgIpc) is 2.70. The molecule has 2 heterocycles. The lowest BCUT2D eigenvalue weighted by molar-refractivity contribution is 0.0457. The van der Waals surface area contributed by atoms with Gasteiger partial charge in [0.25, 0.3) is 0 Å². The van der Waals surface area contributed by atoms with E-state index in [-0.39, 0.29) is 6.61 Å². The van der Waals surface area contributed by atoms with E-state index < -0.39 is 5.97 Å². The van der Waals surface area contributed by atoms with Gasteiger partial charge in [0.2, 0.25) is 0 Å². The van der Waals surface area contributed by atoms with Gasteiger partial charge in [-0.2, -0.15) is 0 Å². The van der Waals surface area contributed by atoms with Crippen molar-refractivity contribution in [2.24, 2.45) is 7.05 Å². The molecule has 0 radical (unpaired) electrons. The maximum absolute atomic E-state index is 11.9. The number of aryl methyl sites for hydroxylation is 2. The summed E-state index contributed by atoms with van der Waals surface area (Å²) in [4.78, 5) is 16.0. The Morgan fingerprint density at radius 2 is 2.16 bits per heavy atom. The molecule has 0 fully saturated rings. The largest absolute Gasteiger partial charge is 0.454 e. The first kappa shape index (κ1) is 13.0. The second kappa shape index (κ2) is 5.05. The van der Waals surface area contributed by atoms with Crippen LogP contribution in [0.1, 0.15) is 27.7 Å². The lowest BCUT2D eigenvalue weighted by Crippen LogP contribution is -2.11. The Hall–Kier alpha value is -2.44. The monoisotopic (exact) mass is 261 g/mol. The molecule has 0 aromatic carbocycles. The maximum Gasteiger partial charge on any atom is 0.340 e. The molecule has 0 saturated heterocycles. The molecule has 0 amide bonds. The standard InChI is InChI=1S/C12H15N5O2/c1-7-10(4-9(13)5-14-7)12(18)19-6-11-16-15-8(2)17(11)3/h4-5H,6,13H2,1-3H3. The molecule has 100 valence electrons. The van der Waals surface area contributed by atoms with Crippen LogP contribution in [0, 0.1) is 13.8 Å². The molecule has 2 aromatic rings. The quantitative estimate of drug-likeness (QED) is 0.820. The van der Waals surface area contributed by atoms with Gasteiger partial charge >= 0.3 is 5.97 Å². The summed E-state index contributed by atoms with van der Waals surface area (Å²) in [5.41, 5.74) is 6.96. The Morgan fingerprint density at radius 1 is 1.42 bits per heavy atom. The van der Waals surface area contributed by atoms with Crippen molar-refractivity contribution in [3.8, 4) is 0 Å². The van der Waals surface area contributed by atoms with Gasteiger partial charge in [0.05, 0.1) is 23.1 Å². The number of nitrogens with two attached hydrogens (primary N) is 1. The predicted octanol–water partition coefficient (Wildman–Crippen LogP) is 0.766. The summed E-state index contributed by atoms with van der Waals surface area (Å²) in [6.45, 7) is 3.61. The van der Waals surface area contributed by atoms with Gasteiger partial charge in [-0.3, -0.25) is 4.98 Å². The number of hydrogen-bond donors (Lipinski definition) is 1. The van der Waals surface area contributed by atoms with Gasteiger partial charge in [-0.25, -0.2) is 4.79 Å². The van der Waals surface area contributed by atoms with Crippen LogP contribution in [0.4, 0.5) is 5.69 Å². The van der Waals surface area contributed by atoms with Crippen LogP contribution in [0.25, 0.3) is 0 Å². The van der Waals surface area contributed by atoms with Crippen LogP contribution >= 0.6 is 0 Å². The SMILES string of the molecule is Cc1ncc(N)cc1C(=O)OCc1nnc(C)n1C. The highest BCUT2D eigenvalue weighted by Gasteiger charge is 2.14. The third kappa shape index (κ3) is 2.70. The van der Waals surface area contributed by atoms with E-state index in [9.17, 15) is 4.79 Å². The van der Waals surface area contributed by atoms with Crippen molar-refractivity contribution in [2.75, 3.05) is 5.73 Å². The minimum Gasteiger partial charge on any atom is -0.454 e. The highest BCUT2D eigenvalue weighted by atomic mass is 16.5. The van der Waals surface area contributed by atoms with Crippen LogP contribution in [-0.4, -0.2) is 25.7 Å². The van der Waals surface area contributed by atoms with Crippen LogP contribution in [0.15, 0.2) is 12.3 Å². The molecule has 0 aliphatic rings. The van der Waals surface area contributed by atoms with Gasteiger partial charge < -0.3 is 15.0 Å². The lowest BCUT2D eigenvalue weighted by Gasteiger charge is -2.07. The molecule has 0 bridgehead atoms. The normalized spacial score (nSPS) is 10.5. The number of carbonyl (C=O) groups excluding carboxylic acids is 1. The van der Waals surface area contributed by atoms with Gasteiger partial charge in [0, 0.05) is 7.05 Å². The number of nitrogen functional groups attached to an aromatic ring is 1. The Kier molecular flexibility index (Phi) is 3.46. The van der Waals surface area contributed by atoms with E-state index in [0.29, 0.717) is 22.8 Å². The molecule has 2 aromatic heterocycles. The maximum atomic E-state index is 11.9. The molecule has 0 aliphatic heterocycles. The Labute approximate surface area is 110 Å². The van der Waals surface area contributed by atoms with E-state index in [2.05, 4.69) is 15.2 Å². The highest BCUT2D eigenvalue weighted by molar-refractivity contribution is 5.91. The zero-order chi connectivity index (χ0) is 14.0. The second-order valence-corrected chi connectivity index (χ2v) is 4.20. The van der Waals surface area contributed by atoms with Crippen molar-refractivity contribution in [3.05, 3.63) is 35.2 Å². The Bertz CT molecular complexity index is 621. The first-order valence-electron chi connectivity index (χ1n) is 5.73. The molecule has 0 aliphatic carbocycles. The van der Waals surface area contributed by atoms with Crippen molar-refractivity contribution in [2.45, 2.75) is 20.5 Å². The molecular formula is C12H15N5O2. The van der Waals surface area contributed by atoms with Crippen LogP contribution in [0.5, 0.6) is 0 Å². The molecule has 0 unspecified atom stereocenters. The van der Waals surface area contributed by atoms with Gasteiger partial charge in [0.15, 0.2) is 12.4 Å². The Morgan fingerprint density at radius 3 is 2.79 bits per heavy atom. The first-order chi connectivity index (χ1) is 8.99. The van der Waals surface area contributed by atoms with Crippen molar-refractivity contribution in [1.82, 2.24) is 19.7 Å². The number of hydrogen-bond acceptors (Lipinski definition) is 6. The summed E-state index contributed by atoms with van der Waals surface area (Å²) in [5.74, 6) is 0.867. The topological polar surface area (TPSA) is 95.9 Å². The van der Waals surface area contributed by atoms with Crippen molar-refractivity contribution < 1.29 is 9.53 Å². The lowest BCUT2D eigenvalue weighted by atomic mass is 10.2. The van der Waals surface area contributed by atoms with Crippen LogP contribution in [-0.2, 0) is 18.4 Å². The molecular weight excluding hydrogens is 246 g/mol. The van der Waals surface area contributed by atoms with Crippen LogP contribution in [0.2, 0.25) is 0 Å². The summed E-state index contributed by atoms with van der Waals surface area (Å²) in [6.07, 6.45) is 1.50. The number of aromatic nitrogens is 4. The van der Waals surface area contributed by atoms with E-state index in [1.165, 1.54) is 6.20 Å². The molecule has 0 atom stereocenters. The molecule has 2 rings (SSSR count). The number of pyridine rings is 1. The third-order valence-corrected chi connectivity index (χ3v) is 2.84. The minimum atomic E-state index is -0.474. The number of rotatable bonds is 3. The molecule has 19 heavy (non-hydrogen) atoms. The van der Waals surface area contributed by atoms with E-state index in [1.807, 2.05) is 14.0 Å². The number of ether oxygens (including phenoxy) is 1. The zero-order valence-electron chi connectivity index (χ0n) is 11.0. The minimum absolute atomic E-state index is 0.0599. The van der Waals surface area contributed by atoms with Gasteiger partial charge in [-0.05, 0) is 19.9 Å². The predicted molar refractivity (Wildman–Crippen MR) is 68.2 cm³/mol. The van der Waals surface area contributed by atoms with Crippen molar-refractivity contribution in [1.29, 1.82) is 0 Å². The smallest absolute Gasteiger partial charge is 0.340 e. The Balaban J connectivity index is 2.09. The van der Waals surface area contributed by atoms with Crippen LogP contribution < -0.4 is 5.73 Å².